The van der Waals surface area contributed by atoms with Gasteiger partial charge in [0.2, 0.25) is 0 Å². The summed E-state index contributed by atoms with van der Waals surface area (Å²) in [7, 11) is 0. The summed E-state index contributed by atoms with van der Waals surface area (Å²) in [5.74, 6) is 1.26. The molecule has 1 atom stereocenters. The third kappa shape index (κ3) is 2.78. The normalized spacial score (nSPS) is 24.3. The van der Waals surface area contributed by atoms with Crippen molar-refractivity contribution in [2.45, 2.75) is 39.7 Å². The highest BCUT2D eigenvalue weighted by Crippen LogP contribution is 2.51. The summed E-state index contributed by atoms with van der Waals surface area (Å²) < 4.78 is 1.55. The largest absolute Gasteiger partial charge is 0.379 e. The van der Waals surface area contributed by atoms with Gasteiger partial charge in [-0.3, -0.25) is 4.79 Å². The Balaban J connectivity index is 1.73. The average molecular weight is 282 g/mol. The van der Waals surface area contributed by atoms with Gasteiger partial charge in [0.05, 0.1) is 11.2 Å². The lowest BCUT2D eigenvalue weighted by Crippen LogP contribution is -2.27. The molecule has 2 aliphatic carbocycles. The lowest BCUT2D eigenvalue weighted by atomic mass is 10.1. The summed E-state index contributed by atoms with van der Waals surface area (Å²) in [6.07, 6.45) is 5.19. The molecule has 1 aromatic heterocycles. The van der Waals surface area contributed by atoms with E-state index in [1.165, 1.54) is 19.3 Å². The van der Waals surface area contributed by atoms with E-state index in [1.807, 2.05) is 0 Å². The molecule has 0 amide bonds. The van der Waals surface area contributed by atoms with Crippen LogP contribution in [0.1, 0.15) is 33.1 Å². The van der Waals surface area contributed by atoms with Gasteiger partial charge >= 0.3 is 0 Å². The van der Waals surface area contributed by atoms with Crippen molar-refractivity contribution in [2.24, 2.45) is 17.3 Å². The standard InChI is InChI=1S/C14H20ClN3O/c1-14(2)5-10(14)6-16-12-11(15)7-17-18(13(12)19)8-9-3-4-9/h7,9-10,16H,3-6,8H2,1-2H3. The molecule has 2 saturated carbocycles. The second-order valence-corrected chi connectivity index (χ2v) is 6.98. The molecule has 0 bridgehead atoms. The monoisotopic (exact) mass is 281 g/mol. The molecule has 2 fully saturated rings. The summed E-state index contributed by atoms with van der Waals surface area (Å²) in [5, 5.41) is 7.78. The second kappa shape index (κ2) is 4.51. The van der Waals surface area contributed by atoms with Crippen molar-refractivity contribution in [3.8, 4) is 0 Å². The van der Waals surface area contributed by atoms with E-state index in [9.17, 15) is 4.79 Å². The van der Waals surface area contributed by atoms with Crippen molar-refractivity contribution in [1.29, 1.82) is 0 Å². The summed E-state index contributed by atoms with van der Waals surface area (Å²) in [6.45, 7) is 6.03. The van der Waals surface area contributed by atoms with Crippen LogP contribution >= 0.6 is 11.6 Å². The second-order valence-electron chi connectivity index (χ2n) is 6.57. The molecule has 3 rings (SSSR count). The van der Waals surface area contributed by atoms with E-state index in [4.69, 9.17) is 11.6 Å². The van der Waals surface area contributed by atoms with E-state index in [-0.39, 0.29) is 5.56 Å². The van der Waals surface area contributed by atoms with Gasteiger partial charge in [-0.15, -0.1) is 0 Å². The number of hydrogen-bond acceptors (Lipinski definition) is 3. The average Bonchev–Trinajstić information content (AvgIpc) is 3.23. The summed E-state index contributed by atoms with van der Waals surface area (Å²) >= 11 is 6.09. The third-order valence-electron chi connectivity index (χ3n) is 4.37. The van der Waals surface area contributed by atoms with E-state index in [1.54, 1.807) is 10.9 Å². The zero-order valence-corrected chi connectivity index (χ0v) is 12.2. The maximum atomic E-state index is 12.3. The fourth-order valence-corrected chi connectivity index (χ4v) is 2.64. The van der Waals surface area contributed by atoms with Crippen LogP contribution in [0.15, 0.2) is 11.0 Å². The first kappa shape index (κ1) is 13.0. The van der Waals surface area contributed by atoms with Gasteiger partial charge in [-0.25, -0.2) is 4.68 Å². The van der Waals surface area contributed by atoms with Gasteiger partial charge in [0.15, 0.2) is 0 Å². The van der Waals surface area contributed by atoms with Gasteiger partial charge < -0.3 is 5.32 Å². The molecular weight excluding hydrogens is 262 g/mol. The molecule has 1 unspecified atom stereocenters. The number of halogens is 1. The Morgan fingerprint density at radius 1 is 1.53 bits per heavy atom. The fraction of sp³-hybridized carbons (Fsp3) is 0.714. The van der Waals surface area contributed by atoms with Crippen LogP contribution in [0.25, 0.3) is 0 Å². The first-order valence-corrected chi connectivity index (χ1v) is 7.34. The van der Waals surface area contributed by atoms with Crippen LogP contribution in [-0.4, -0.2) is 16.3 Å². The molecule has 0 radical (unpaired) electrons. The molecule has 104 valence electrons. The topological polar surface area (TPSA) is 46.9 Å². The van der Waals surface area contributed by atoms with E-state index < -0.39 is 0 Å². The Morgan fingerprint density at radius 3 is 2.79 bits per heavy atom. The van der Waals surface area contributed by atoms with Crippen LogP contribution in [0.5, 0.6) is 0 Å². The molecule has 0 aliphatic heterocycles. The Bertz CT molecular complexity index is 548. The molecular formula is C14H20ClN3O. The molecule has 0 saturated heterocycles. The predicted octanol–water partition coefficient (Wildman–Crippen LogP) is 2.76. The van der Waals surface area contributed by atoms with E-state index in [0.717, 1.165) is 13.1 Å². The van der Waals surface area contributed by atoms with Crippen LogP contribution in [0.3, 0.4) is 0 Å². The smallest absolute Gasteiger partial charge is 0.291 e. The van der Waals surface area contributed by atoms with Crippen molar-refractivity contribution in [3.05, 3.63) is 21.6 Å². The Kier molecular flexibility index (Phi) is 3.08. The number of hydrogen-bond donors (Lipinski definition) is 1. The van der Waals surface area contributed by atoms with Crippen molar-refractivity contribution in [1.82, 2.24) is 9.78 Å². The fourth-order valence-electron chi connectivity index (χ4n) is 2.45. The summed E-state index contributed by atoms with van der Waals surface area (Å²) in [5.41, 5.74) is 0.831. The zero-order chi connectivity index (χ0) is 13.6. The Hall–Kier alpha value is -1.03. The number of nitrogens with one attached hydrogen (secondary N) is 1. The highest BCUT2D eigenvalue weighted by Gasteiger charge is 2.45. The third-order valence-corrected chi connectivity index (χ3v) is 4.66. The molecule has 1 heterocycles. The summed E-state index contributed by atoms with van der Waals surface area (Å²) in [6, 6.07) is 0. The first-order chi connectivity index (χ1) is 8.97. The summed E-state index contributed by atoms with van der Waals surface area (Å²) in [4.78, 5) is 12.3. The Morgan fingerprint density at radius 2 is 2.21 bits per heavy atom. The number of aromatic nitrogens is 2. The molecule has 4 nitrogen and oxygen atoms in total. The van der Waals surface area contributed by atoms with E-state index in [2.05, 4.69) is 24.3 Å². The van der Waals surface area contributed by atoms with Gasteiger partial charge in [-0.1, -0.05) is 25.4 Å². The lowest BCUT2D eigenvalue weighted by molar-refractivity contribution is 0.533. The zero-order valence-electron chi connectivity index (χ0n) is 11.4. The molecule has 0 spiro atoms. The minimum absolute atomic E-state index is 0.0853. The molecule has 2 aliphatic rings. The lowest BCUT2D eigenvalue weighted by Gasteiger charge is -2.11. The molecule has 1 N–H and O–H groups in total. The number of nitrogens with zero attached hydrogens (tertiary/aromatic N) is 2. The maximum Gasteiger partial charge on any atom is 0.291 e. The maximum absolute atomic E-state index is 12.3. The van der Waals surface area contributed by atoms with Crippen LogP contribution in [0.2, 0.25) is 5.02 Å². The van der Waals surface area contributed by atoms with Crippen molar-refractivity contribution >= 4 is 17.3 Å². The number of rotatable bonds is 5. The van der Waals surface area contributed by atoms with E-state index in [0.29, 0.717) is 28.0 Å². The highest BCUT2D eigenvalue weighted by molar-refractivity contribution is 6.32. The van der Waals surface area contributed by atoms with Crippen molar-refractivity contribution in [2.75, 3.05) is 11.9 Å². The highest BCUT2D eigenvalue weighted by atomic mass is 35.5. The van der Waals surface area contributed by atoms with Crippen molar-refractivity contribution in [3.63, 3.8) is 0 Å². The minimum Gasteiger partial charge on any atom is -0.379 e. The SMILES string of the molecule is CC1(C)CC1CNc1c(Cl)cnn(CC2CC2)c1=O. The van der Waals surface area contributed by atoms with Gasteiger partial charge in [-0.2, -0.15) is 5.10 Å². The number of anilines is 1. The van der Waals surface area contributed by atoms with Crippen molar-refractivity contribution < 1.29 is 0 Å². The molecule has 5 heteroatoms. The van der Waals surface area contributed by atoms with E-state index >= 15 is 0 Å². The molecule has 1 aromatic rings. The molecule has 19 heavy (non-hydrogen) atoms. The van der Waals surface area contributed by atoms with Gasteiger partial charge in [0.1, 0.15) is 5.69 Å². The quantitative estimate of drug-likeness (QED) is 0.903. The minimum atomic E-state index is -0.0853. The van der Waals surface area contributed by atoms with Gasteiger partial charge in [0, 0.05) is 13.1 Å². The van der Waals surface area contributed by atoms with Gasteiger partial charge in [-0.05, 0) is 36.5 Å². The molecule has 0 aromatic carbocycles. The Labute approximate surface area is 118 Å². The first-order valence-electron chi connectivity index (χ1n) is 6.97. The van der Waals surface area contributed by atoms with Crippen LogP contribution in [-0.2, 0) is 6.54 Å². The van der Waals surface area contributed by atoms with Crippen LogP contribution < -0.4 is 10.9 Å². The van der Waals surface area contributed by atoms with Gasteiger partial charge in [0.25, 0.3) is 5.56 Å². The predicted molar refractivity (Wildman–Crippen MR) is 76.6 cm³/mol. The van der Waals surface area contributed by atoms with Crippen LogP contribution in [0, 0.1) is 17.3 Å². The van der Waals surface area contributed by atoms with Crippen LogP contribution in [0.4, 0.5) is 5.69 Å².